The summed E-state index contributed by atoms with van der Waals surface area (Å²) in [5.41, 5.74) is 0.732. The van der Waals surface area contributed by atoms with Crippen molar-refractivity contribution in [1.29, 1.82) is 0 Å². The van der Waals surface area contributed by atoms with Gasteiger partial charge in [-0.15, -0.1) is 0 Å². The van der Waals surface area contributed by atoms with Crippen molar-refractivity contribution < 1.29 is 9.18 Å². The third-order valence-electron chi connectivity index (χ3n) is 2.96. The van der Waals surface area contributed by atoms with Crippen LogP contribution >= 0.6 is 11.6 Å². The summed E-state index contributed by atoms with van der Waals surface area (Å²) >= 11 is 5.96. The molecule has 18 heavy (non-hydrogen) atoms. The lowest BCUT2D eigenvalue weighted by atomic mass is 10.0. The summed E-state index contributed by atoms with van der Waals surface area (Å²) in [5, 5.41) is 3.23. The monoisotopic (exact) mass is 271 g/mol. The fourth-order valence-electron chi connectivity index (χ4n) is 1.85. The van der Waals surface area contributed by atoms with E-state index in [1.807, 2.05) is 20.8 Å². The van der Waals surface area contributed by atoms with Gasteiger partial charge in [-0.1, -0.05) is 37.9 Å². The molecule has 0 heterocycles. The van der Waals surface area contributed by atoms with Crippen LogP contribution in [-0.2, 0) is 4.79 Å². The molecule has 0 saturated carbocycles. The Bertz CT molecular complexity index is 422. The van der Waals surface area contributed by atoms with E-state index in [9.17, 15) is 9.18 Å². The van der Waals surface area contributed by atoms with Gasteiger partial charge in [0.2, 0.25) is 5.91 Å². The Morgan fingerprint density at radius 3 is 2.67 bits per heavy atom. The lowest BCUT2D eigenvalue weighted by Crippen LogP contribution is -2.31. The zero-order chi connectivity index (χ0) is 13.7. The molecular formula is C14H19ClFNO. The second-order valence-corrected chi connectivity index (χ2v) is 4.99. The summed E-state index contributed by atoms with van der Waals surface area (Å²) in [6.07, 6.45) is 1.83. The molecule has 0 spiro atoms. The van der Waals surface area contributed by atoms with Crippen molar-refractivity contribution in [3.8, 4) is 0 Å². The van der Waals surface area contributed by atoms with Gasteiger partial charge in [0.25, 0.3) is 0 Å². The highest BCUT2D eigenvalue weighted by Gasteiger charge is 2.17. The minimum atomic E-state index is -0.373. The number of carbonyl (C=O) groups excluding carboxylic acids is 1. The van der Waals surface area contributed by atoms with Crippen LogP contribution in [0.25, 0.3) is 0 Å². The van der Waals surface area contributed by atoms with Crippen LogP contribution in [0.5, 0.6) is 0 Å². The molecule has 0 aliphatic rings. The maximum atomic E-state index is 12.9. The van der Waals surface area contributed by atoms with Gasteiger partial charge in [0.15, 0.2) is 0 Å². The van der Waals surface area contributed by atoms with Crippen LogP contribution in [0, 0.1) is 11.7 Å². The van der Waals surface area contributed by atoms with Crippen LogP contribution in [0.3, 0.4) is 0 Å². The van der Waals surface area contributed by atoms with E-state index >= 15 is 0 Å². The maximum Gasteiger partial charge on any atom is 0.223 e. The molecule has 0 fully saturated rings. The molecule has 1 rings (SSSR count). The smallest absolute Gasteiger partial charge is 0.223 e. The van der Waals surface area contributed by atoms with Crippen LogP contribution in [0.15, 0.2) is 18.2 Å². The molecule has 0 aliphatic carbocycles. The summed E-state index contributed by atoms with van der Waals surface area (Å²) in [7, 11) is 0. The summed E-state index contributed by atoms with van der Waals surface area (Å²) < 4.78 is 12.9. The van der Waals surface area contributed by atoms with Crippen molar-refractivity contribution in [3.63, 3.8) is 0 Å². The molecule has 100 valence electrons. The van der Waals surface area contributed by atoms with Crippen molar-refractivity contribution in [2.24, 2.45) is 5.92 Å². The van der Waals surface area contributed by atoms with Crippen LogP contribution in [-0.4, -0.2) is 5.91 Å². The highest BCUT2D eigenvalue weighted by molar-refractivity contribution is 6.31. The maximum absolute atomic E-state index is 12.9. The van der Waals surface area contributed by atoms with Crippen molar-refractivity contribution in [3.05, 3.63) is 34.6 Å². The predicted molar refractivity (Wildman–Crippen MR) is 72.0 cm³/mol. The summed E-state index contributed by atoms with van der Waals surface area (Å²) in [5.74, 6) is -0.386. The van der Waals surface area contributed by atoms with Crippen LogP contribution in [0.1, 0.15) is 45.2 Å². The highest BCUT2D eigenvalue weighted by Crippen LogP contribution is 2.24. The quantitative estimate of drug-likeness (QED) is 0.859. The van der Waals surface area contributed by atoms with Crippen LogP contribution in [0.2, 0.25) is 5.02 Å². The second-order valence-electron chi connectivity index (χ2n) is 4.59. The van der Waals surface area contributed by atoms with Gasteiger partial charge in [-0.05, 0) is 31.0 Å². The fraction of sp³-hybridized carbons (Fsp3) is 0.500. The van der Waals surface area contributed by atoms with Gasteiger partial charge in [0.05, 0.1) is 6.04 Å². The van der Waals surface area contributed by atoms with E-state index in [2.05, 4.69) is 5.32 Å². The van der Waals surface area contributed by atoms with Crippen molar-refractivity contribution in [2.45, 2.75) is 39.7 Å². The predicted octanol–water partition coefficient (Wildman–Crippen LogP) is 4.09. The molecule has 1 aromatic rings. The molecule has 0 aliphatic heterocycles. The second kappa shape index (κ2) is 6.74. The topological polar surface area (TPSA) is 29.1 Å². The van der Waals surface area contributed by atoms with E-state index in [0.717, 1.165) is 18.4 Å². The van der Waals surface area contributed by atoms with E-state index in [1.54, 1.807) is 6.07 Å². The van der Waals surface area contributed by atoms with Gasteiger partial charge in [-0.2, -0.15) is 0 Å². The Morgan fingerprint density at radius 1 is 1.44 bits per heavy atom. The van der Waals surface area contributed by atoms with Gasteiger partial charge < -0.3 is 5.32 Å². The van der Waals surface area contributed by atoms with Crippen molar-refractivity contribution in [2.75, 3.05) is 0 Å². The standard InChI is InChI=1S/C14H19ClFNO/c1-4-5-9(2)14(18)17-10(3)12-7-6-11(16)8-13(12)15/h6-10H,4-5H2,1-3H3,(H,17,18). The minimum absolute atomic E-state index is 0.00439. The van der Waals surface area contributed by atoms with E-state index in [4.69, 9.17) is 11.6 Å². The van der Waals surface area contributed by atoms with Gasteiger partial charge in [0.1, 0.15) is 5.82 Å². The van der Waals surface area contributed by atoms with Gasteiger partial charge in [0, 0.05) is 10.9 Å². The van der Waals surface area contributed by atoms with Gasteiger partial charge >= 0.3 is 0 Å². The molecule has 2 unspecified atom stereocenters. The number of hydrogen-bond acceptors (Lipinski definition) is 1. The fourth-order valence-corrected chi connectivity index (χ4v) is 2.18. The Labute approximate surface area is 113 Å². The van der Waals surface area contributed by atoms with E-state index < -0.39 is 0 Å². The summed E-state index contributed by atoms with van der Waals surface area (Å²) in [4.78, 5) is 11.9. The normalized spacial score (nSPS) is 14.1. The molecule has 4 heteroatoms. The molecule has 0 saturated heterocycles. The molecule has 2 atom stereocenters. The number of benzene rings is 1. The Kier molecular flexibility index (Phi) is 5.60. The molecule has 1 N–H and O–H groups in total. The number of halogens is 2. The third kappa shape index (κ3) is 3.98. The lowest BCUT2D eigenvalue weighted by molar-refractivity contribution is -0.125. The molecule has 1 amide bonds. The third-order valence-corrected chi connectivity index (χ3v) is 3.28. The number of amides is 1. The first kappa shape index (κ1) is 15.0. The van der Waals surface area contributed by atoms with E-state index in [-0.39, 0.29) is 23.7 Å². The number of nitrogens with one attached hydrogen (secondary N) is 1. The zero-order valence-electron chi connectivity index (χ0n) is 11.0. The van der Waals surface area contributed by atoms with Gasteiger partial charge in [-0.25, -0.2) is 4.39 Å². The van der Waals surface area contributed by atoms with Crippen molar-refractivity contribution >= 4 is 17.5 Å². The Hall–Kier alpha value is -1.09. The molecular weight excluding hydrogens is 253 g/mol. The molecule has 0 aromatic heterocycles. The average Bonchev–Trinajstić information content (AvgIpc) is 2.28. The molecule has 0 bridgehead atoms. The van der Waals surface area contributed by atoms with Gasteiger partial charge in [-0.3, -0.25) is 4.79 Å². The number of carbonyl (C=O) groups is 1. The average molecular weight is 272 g/mol. The largest absolute Gasteiger partial charge is 0.349 e. The molecule has 1 aromatic carbocycles. The Morgan fingerprint density at radius 2 is 2.11 bits per heavy atom. The minimum Gasteiger partial charge on any atom is -0.349 e. The number of rotatable bonds is 5. The van der Waals surface area contributed by atoms with Crippen molar-refractivity contribution in [1.82, 2.24) is 5.32 Å². The van der Waals surface area contributed by atoms with Crippen LogP contribution < -0.4 is 5.32 Å². The van der Waals surface area contributed by atoms with E-state index in [0.29, 0.717) is 5.02 Å². The first-order chi connectivity index (χ1) is 8.45. The Balaban J connectivity index is 2.70. The summed E-state index contributed by atoms with van der Waals surface area (Å²) in [6, 6.07) is 3.99. The molecule has 0 radical (unpaired) electrons. The van der Waals surface area contributed by atoms with Crippen LogP contribution in [0.4, 0.5) is 4.39 Å². The highest BCUT2D eigenvalue weighted by atomic mass is 35.5. The zero-order valence-corrected chi connectivity index (χ0v) is 11.7. The first-order valence-electron chi connectivity index (χ1n) is 6.21. The summed E-state index contributed by atoms with van der Waals surface area (Å²) in [6.45, 7) is 5.79. The lowest BCUT2D eigenvalue weighted by Gasteiger charge is -2.18. The molecule has 2 nitrogen and oxygen atoms in total. The van der Waals surface area contributed by atoms with E-state index in [1.165, 1.54) is 12.1 Å². The number of hydrogen-bond donors (Lipinski definition) is 1. The SMILES string of the molecule is CCCC(C)C(=O)NC(C)c1ccc(F)cc1Cl. The first-order valence-corrected chi connectivity index (χ1v) is 6.58.